The molecule has 3 aromatic carbocycles. The lowest BCUT2D eigenvalue weighted by Crippen LogP contribution is -2.23. The number of nitrogens with two attached hydrogens (primary N) is 1. The summed E-state index contributed by atoms with van der Waals surface area (Å²) in [5.41, 5.74) is 6.83. The number of hydrogen-bond donors (Lipinski definition) is 2. The first-order chi connectivity index (χ1) is 12.6. The first-order valence-corrected chi connectivity index (χ1v) is 8.12. The Labute approximate surface area is 151 Å². The number of rotatable bonds is 6. The monoisotopic (exact) mass is 346 g/mol. The van der Waals surface area contributed by atoms with Gasteiger partial charge >= 0.3 is 0 Å². The van der Waals surface area contributed by atoms with Crippen molar-refractivity contribution >= 4 is 11.8 Å². The van der Waals surface area contributed by atoms with Gasteiger partial charge in [0.05, 0.1) is 0 Å². The molecule has 0 heterocycles. The third-order valence-corrected chi connectivity index (χ3v) is 3.74. The Kier molecular flexibility index (Phi) is 5.29. The fourth-order valence-electron chi connectivity index (χ4n) is 2.44. The third-order valence-electron chi connectivity index (χ3n) is 3.74. The van der Waals surface area contributed by atoms with Gasteiger partial charge in [0.2, 0.25) is 5.91 Å². The summed E-state index contributed by atoms with van der Waals surface area (Å²) in [5, 5.41) is 2.83. The molecule has 130 valence electrons. The molecule has 3 rings (SSSR count). The van der Waals surface area contributed by atoms with Crippen molar-refractivity contribution in [2.45, 2.75) is 6.54 Å². The summed E-state index contributed by atoms with van der Waals surface area (Å²) in [6.07, 6.45) is 0. The molecule has 0 aromatic heterocycles. The molecule has 5 nitrogen and oxygen atoms in total. The number of carbonyl (C=O) groups excluding carboxylic acids is 2. The van der Waals surface area contributed by atoms with E-state index < -0.39 is 5.91 Å². The molecule has 0 saturated heterocycles. The predicted octanol–water partition coefficient (Wildman–Crippen LogP) is 3.51. The molecule has 26 heavy (non-hydrogen) atoms. The number of benzene rings is 3. The van der Waals surface area contributed by atoms with E-state index in [9.17, 15) is 9.59 Å². The summed E-state index contributed by atoms with van der Waals surface area (Å²) in [6.45, 7) is 0.339. The molecule has 0 spiro atoms. The Balaban J connectivity index is 1.64. The van der Waals surface area contributed by atoms with E-state index in [0.717, 1.165) is 11.3 Å². The van der Waals surface area contributed by atoms with Crippen LogP contribution in [0.5, 0.6) is 11.5 Å². The summed E-state index contributed by atoms with van der Waals surface area (Å²) in [7, 11) is 0. The largest absolute Gasteiger partial charge is 0.457 e. The SMILES string of the molecule is NC(=O)c1cccc(C(=O)NCc2cccc(Oc3ccccc3)c2)c1. The topological polar surface area (TPSA) is 81.4 Å². The van der Waals surface area contributed by atoms with Gasteiger partial charge in [-0.2, -0.15) is 0 Å². The Morgan fingerprint density at radius 2 is 1.50 bits per heavy atom. The van der Waals surface area contributed by atoms with Crippen LogP contribution in [0.25, 0.3) is 0 Å². The van der Waals surface area contributed by atoms with Crippen molar-refractivity contribution in [2.75, 3.05) is 0 Å². The molecule has 0 radical (unpaired) electrons. The number of amides is 2. The number of hydrogen-bond acceptors (Lipinski definition) is 3. The van der Waals surface area contributed by atoms with Crippen LogP contribution < -0.4 is 15.8 Å². The number of ether oxygens (including phenoxy) is 1. The zero-order valence-corrected chi connectivity index (χ0v) is 14.0. The summed E-state index contributed by atoms with van der Waals surface area (Å²) in [6, 6.07) is 23.3. The smallest absolute Gasteiger partial charge is 0.251 e. The second-order valence-electron chi connectivity index (χ2n) is 5.69. The number of nitrogens with one attached hydrogen (secondary N) is 1. The lowest BCUT2D eigenvalue weighted by atomic mass is 10.1. The first-order valence-electron chi connectivity index (χ1n) is 8.12. The van der Waals surface area contributed by atoms with Gasteiger partial charge in [0.15, 0.2) is 0 Å². The van der Waals surface area contributed by atoms with Gasteiger partial charge in [-0.3, -0.25) is 9.59 Å². The zero-order chi connectivity index (χ0) is 18.4. The van der Waals surface area contributed by atoms with Crippen LogP contribution in [0, 0.1) is 0 Å². The Morgan fingerprint density at radius 3 is 2.27 bits per heavy atom. The minimum absolute atomic E-state index is 0.275. The van der Waals surface area contributed by atoms with Gasteiger partial charge in [0.25, 0.3) is 5.91 Å². The maximum absolute atomic E-state index is 12.3. The highest BCUT2D eigenvalue weighted by Crippen LogP contribution is 2.21. The average Bonchev–Trinajstić information content (AvgIpc) is 2.67. The summed E-state index contributed by atoms with van der Waals surface area (Å²) < 4.78 is 5.79. The molecule has 0 unspecified atom stereocenters. The van der Waals surface area contributed by atoms with E-state index in [4.69, 9.17) is 10.5 Å². The molecule has 0 atom stereocenters. The van der Waals surface area contributed by atoms with E-state index >= 15 is 0 Å². The van der Waals surface area contributed by atoms with E-state index in [-0.39, 0.29) is 5.91 Å². The van der Waals surface area contributed by atoms with Crippen LogP contribution in [-0.4, -0.2) is 11.8 Å². The molecule has 5 heteroatoms. The van der Waals surface area contributed by atoms with Crippen LogP contribution in [0.2, 0.25) is 0 Å². The average molecular weight is 346 g/mol. The maximum atomic E-state index is 12.3. The fourth-order valence-corrected chi connectivity index (χ4v) is 2.44. The number of para-hydroxylation sites is 1. The van der Waals surface area contributed by atoms with Crippen LogP contribution in [0.3, 0.4) is 0 Å². The van der Waals surface area contributed by atoms with Crippen molar-refractivity contribution in [3.05, 3.63) is 95.6 Å². The number of primary amides is 1. The van der Waals surface area contributed by atoms with Crippen LogP contribution in [0.4, 0.5) is 0 Å². The highest BCUT2D eigenvalue weighted by molar-refractivity contribution is 5.99. The quantitative estimate of drug-likeness (QED) is 0.717. The summed E-state index contributed by atoms with van der Waals surface area (Å²) in [4.78, 5) is 23.5. The highest BCUT2D eigenvalue weighted by atomic mass is 16.5. The second-order valence-corrected chi connectivity index (χ2v) is 5.69. The maximum Gasteiger partial charge on any atom is 0.251 e. The molecule has 0 aliphatic carbocycles. The van der Waals surface area contributed by atoms with E-state index in [0.29, 0.717) is 23.4 Å². The minimum atomic E-state index is -0.564. The Bertz CT molecular complexity index is 923. The van der Waals surface area contributed by atoms with Crippen molar-refractivity contribution in [3.8, 4) is 11.5 Å². The normalized spacial score (nSPS) is 10.2. The van der Waals surface area contributed by atoms with Crippen LogP contribution in [-0.2, 0) is 6.54 Å². The van der Waals surface area contributed by atoms with Gasteiger partial charge in [-0.25, -0.2) is 0 Å². The standard InChI is InChI=1S/C21H18N2O3/c22-20(24)16-7-5-8-17(13-16)21(25)23-14-15-6-4-11-19(12-15)26-18-9-2-1-3-10-18/h1-13H,14H2,(H2,22,24)(H,23,25). The van der Waals surface area contributed by atoms with Gasteiger partial charge < -0.3 is 15.8 Å². The van der Waals surface area contributed by atoms with Gasteiger partial charge in [-0.05, 0) is 48.0 Å². The fraction of sp³-hybridized carbons (Fsp3) is 0.0476. The van der Waals surface area contributed by atoms with Crippen LogP contribution in [0.15, 0.2) is 78.9 Å². The Morgan fingerprint density at radius 1 is 0.808 bits per heavy atom. The summed E-state index contributed by atoms with van der Waals surface area (Å²) in [5.74, 6) is 0.600. The molecular weight excluding hydrogens is 328 g/mol. The predicted molar refractivity (Wildman–Crippen MR) is 99.1 cm³/mol. The molecular formula is C21H18N2O3. The van der Waals surface area contributed by atoms with Gasteiger partial charge in [-0.1, -0.05) is 36.4 Å². The first kappa shape index (κ1) is 17.2. The van der Waals surface area contributed by atoms with Crippen molar-refractivity contribution < 1.29 is 14.3 Å². The summed E-state index contributed by atoms with van der Waals surface area (Å²) >= 11 is 0. The van der Waals surface area contributed by atoms with Crippen molar-refractivity contribution in [2.24, 2.45) is 5.73 Å². The van der Waals surface area contributed by atoms with E-state index in [1.54, 1.807) is 18.2 Å². The third kappa shape index (κ3) is 4.48. The van der Waals surface area contributed by atoms with Crippen LogP contribution in [0.1, 0.15) is 26.3 Å². The van der Waals surface area contributed by atoms with E-state index in [1.165, 1.54) is 6.07 Å². The van der Waals surface area contributed by atoms with E-state index in [1.807, 2.05) is 54.6 Å². The minimum Gasteiger partial charge on any atom is -0.457 e. The lowest BCUT2D eigenvalue weighted by Gasteiger charge is -2.09. The molecule has 0 aliphatic heterocycles. The van der Waals surface area contributed by atoms with Gasteiger partial charge in [-0.15, -0.1) is 0 Å². The molecule has 3 aromatic rings. The van der Waals surface area contributed by atoms with Crippen molar-refractivity contribution in [1.29, 1.82) is 0 Å². The lowest BCUT2D eigenvalue weighted by molar-refractivity contribution is 0.0951. The van der Waals surface area contributed by atoms with Crippen LogP contribution >= 0.6 is 0 Å². The molecule has 0 saturated carbocycles. The molecule has 0 bridgehead atoms. The molecule has 0 aliphatic rings. The van der Waals surface area contributed by atoms with Crippen molar-refractivity contribution in [1.82, 2.24) is 5.32 Å². The molecule has 2 amide bonds. The van der Waals surface area contributed by atoms with Crippen molar-refractivity contribution in [3.63, 3.8) is 0 Å². The van der Waals surface area contributed by atoms with Gasteiger partial charge in [0, 0.05) is 17.7 Å². The molecule has 0 fully saturated rings. The highest BCUT2D eigenvalue weighted by Gasteiger charge is 2.08. The number of carbonyl (C=O) groups is 2. The Hall–Kier alpha value is -3.60. The molecule has 3 N–H and O–H groups in total. The van der Waals surface area contributed by atoms with E-state index in [2.05, 4.69) is 5.32 Å². The second kappa shape index (κ2) is 7.98. The van der Waals surface area contributed by atoms with Gasteiger partial charge in [0.1, 0.15) is 11.5 Å². The zero-order valence-electron chi connectivity index (χ0n) is 14.0.